The lowest BCUT2D eigenvalue weighted by Gasteiger charge is -2.07. The second-order valence-electron chi connectivity index (χ2n) is 3.65. The minimum atomic E-state index is -0.285. The summed E-state index contributed by atoms with van der Waals surface area (Å²) >= 11 is 0. The Morgan fingerprint density at radius 3 is 2.40 bits per heavy atom. The summed E-state index contributed by atoms with van der Waals surface area (Å²) in [5.41, 5.74) is 5.96. The van der Waals surface area contributed by atoms with Crippen LogP contribution in [0, 0.1) is 34.0 Å². The average molecular weight is 264 g/mol. The lowest BCUT2D eigenvalue weighted by molar-refractivity contribution is 0.339. The van der Waals surface area contributed by atoms with Crippen LogP contribution in [-0.4, -0.2) is 6.61 Å². The SMILES string of the molecule is CCOc1ccccc1C=C(C#N)C(N)=C(C#N)C#N. The minimum absolute atomic E-state index is 0.0512. The molecular weight excluding hydrogens is 252 g/mol. The molecule has 5 nitrogen and oxygen atoms in total. The monoisotopic (exact) mass is 264 g/mol. The normalized spacial score (nSPS) is 9.80. The van der Waals surface area contributed by atoms with E-state index in [1.54, 1.807) is 30.3 Å². The number of nitrogens with zero attached hydrogens (tertiary/aromatic N) is 3. The van der Waals surface area contributed by atoms with Crippen LogP contribution in [0.4, 0.5) is 0 Å². The number of benzene rings is 1. The summed E-state index contributed by atoms with van der Waals surface area (Å²) in [7, 11) is 0. The molecule has 0 radical (unpaired) electrons. The molecule has 0 spiro atoms. The molecule has 0 atom stereocenters. The fourth-order valence-electron chi connectivity index (χ4n) is 1.49. The predicted octanol–water partition coefficient (Wildman–Crippen LogP) is 2.25. The van der Waals surface area contributed by atoms with Crippen LogP contribution in [0.3, 0.4) is 0 Å². The van der Waals surface area contributed by atoms with Gasteiger partial charge in [0.25, 0.3) is 0 Å². The summed E-state index contributed by atoms with van der Waals surface area (Å²) in [5.74, 6) is 0.603. The summed E-state index contributed by atoms with van der Waals surface area (Å²) in [5, 5.41) is 26.7. The van der Waals surface area contributed by atoms with Crippen LogP contribution >= 0.6 is 0 Å². The molecule has 0 bridgehead atoms. The first-order valence-corrected chi connectivity index (χ1v) is 5.81. The molecule has 2 N–H and O–H groups in total. The number of nitrogens with two attached hydrogens (primary N) is 1. The van der Waals surface area contributed by atoms with Crippen molar-refractivity contribution in [3.8, 4) is 24.0 Å². The molecule has 1 rings (SSSR count). The standard InChI is InChI=1S/C15H12N4O/c1-2-20-14-6-4-3-5-11(14)7-12(8-16)15(19)13(9-17)10-18/h3-7H,2,19H2,1H3. The van der Waals surface area contributed by atoms with Crippen LogP contribution in [0.5, 0.6) is 5.75 Å². The van der Waals surface area contributed by atoms with E-state index in [1.807, 2.05) is 19.1 Å². The van der Waals surface area contributed by atoms with Crippen LogP contribution in [0.25, 0.3) is 6.08 Å². The van der Waals surface area contributed by atoms with Gasteiger partial charge in [-0.15, -0.1) is 0 Å². The largest absolute Gasteiger partial charge is 0.493 e. The third-order valence-corrected chi connectivity index (χ3v) is 2.42. The Labute approximate surface area is 117 Å². The van der Waals surface area contributed by atoms with Gasteiger partial charge < -0.3 is 10.5 Å². The van der Waals surface area contributed by atoms with Crippen molar-refractivity contribution in [3.05, 3.63) is 46.7 Å². The van der Waals surface area contributed by atoms with E-state index in [0.29, 0.717) is 17.9 Å². The van der Waals surface area contributed by atoms with Crippen LogP contribution in [0.2, 0.25) is 0 Å². The molecule has 0 aliphatic heterocycles. The summed E-state index contributed by atoms with van der Waals surface area (Å²) < 4.78 is 5.43. The predicted molar refractivity (Wildman–Crippen MR) is 73.6 cm³/mol. The highest BCUT2D eigenvalue weighted by molar-refractivity contribution is 5.69. The fourth-order valence-corrected chi connectivity index (χ4v) is 1.49. The van der Waals surface area contributed by atoms with Gasteiger partial charge in [0.05, 0.1) is 17.9 Å². The molecule has 0 aliphatic carbocycles. The second-order valence-corrected chi connectivity index (χ2v) is 3.65. The maximum atomic E-state index is 9.13. The van der Waals surface area contributed by atoms with Crippen LogP contribution in [-0.2, 0) is 0 Å². The highest BCUT2D eigenvalue weighted by atomic mass is 16.5. The molecule has 0 amide bonds. The molecule has 0 aliphatic rings. The van der Waals surface area contributed by atoms with E-state index in [9.17, 15) is 0 Å². The van der Waals surface area contributed by atoms with Gasteiger partial charge >= 0.3 is 0 Å². The smallest absolute Gasteiger partial charge is 0.153 e. The van der Waals surface area contributed by atoms with Gasteiger partial charge in [-0.3, -0.25) is 0 Å². The van der Waals surface area contributed by atoms with Crippen molar-refractivity contribution in [3.63, 3.8) is 0 Å². The molecule has 0 unspecified atom stereocenters. The number of ether oxygens (including phenoxy) is 1. The molecular formula is C15H12N4O. The zero-order chi connectivity index (χ0) is 15.0. The van der Waals surface area contributed by atoms with Gasteiger partial charge in [0.2, 0.25) is 0 Å². The lowest BCUT2D eigenvalue weighted by atomic mass is 10.1. The average Bonchev–Trinajstić information content (AvgIpc) is 2.47. The van der Waals surface area contributed by atoms with Crippen molar-refractivity contribution < 1.29 is 4.74 Å². The number of rotatable bonds is 4. The Hall–Kier alpha value is -3.23. The molecule has 0 aromatic heterocycles. The van der Waals surface area contributed by atoms with E-state index in [1.165, 1.54) is 6.08 Å². The Balaban J connectivity index is 3.35. The highest BCUT2D eigenvalue weighted by Gasteiger charge is 2.09. The van der Waals surface area contributed by atoms with E-state index >= 15 is 0 Å². The van der Waals surface area contributed by atoms with Crippen molar-refractivity contribution in [1.29, 1.82) is 15.8 Å². The lowest BCUT2D eigenvalue weighted by Crippen LogP contribution is -2.03. The van der Waals surface area contributed by atoms with Crippen molar-refractivity contribution >= 4 is 6.08 Å². The molecule has 1 aromatic rings. The van der Waals surface area contributed by atoms with E-state index < -0.39 is 0 Å². The quantitative estimate of drug-likeness (QED) is 0.663. The molecule has 0 heterocycles. The number of allylic oxidation sites excluding steroid dienone is 2. The third-order valence-electron chi connectivity index (χ3n) is 2.42. The molecule has 5 heteroatoms. The van der Waals surface area contributed by atoms with E-state index in [2.05, 4.69) is 0 Å². The van der Waals surface area contributed by atoms with Crippen LogP contribution in [0.1, 0.15) is 12.5 Å². The van der Waals surface area contributed by atoms with Crippen molar-refractivity contribution in [2.45, 2.75) is 6.92 Å². The van der Waals surface area contributed by atoms with Crippen molar-refractivity contribution in [1.82, 2.24) is 0 Å². The zero-order valence-electron chi connectivity index (χ0n) is 10.9. The first-order chi connectivity index (χ1) is 9.67. The second kappa shape index (κ2) is 7.26. The summed E-state index contributed by atoms with van der Waals surface area (Å²) in [6.07, 6.45) is 1.50. The Morgan fingerprint density at radius 2 is 1.85 bits per heavy atom. The molecule has 0 saturated carbocycles. The van der Waals surface area contributed by atoms with Gasteiger partial charge in [-0.25, -0.2) is 0 Å². The minimum Gasteiger partial charge on any atom is -0.493 e. The highest BCUT2D eigenvalue weighted by Crippen LogP contribution is 2.22. The topological polar surface area (TPSA) is 107 Å². The first kappa shape index (κ1) is 14.8. The number of nitriles is 3. The van der Waals surface area contributed by atoms with Crippen LogP contribution < -0.4 is 10.5 Å². The van der Waals surface area contributed by atoms with Crippen molar-refractivity contribution in [2.24, 2.45) is 5.73 Å². The van der Waals surface area contributed by atoms with Gasteiger partial charge in [0.1, 0.15) is 24.0 Å². The maximum Gasteiger partial charge on any atom is 0.153 e. The molecule has 98 valence electrons. The Kier molecular flexibility index (Phi) is 5.38. The van der Waals surface area contributed by atoms with Gasteiger partial charge in [0.15, 0.2) is 5.57 Å². The molecule has 0 saturated heterocycles. The van der Waals surface area contributed by atoms with Gasteiger partial charge in [-0.2, -0.15) is 15.8 Å². The van der Waals surface area contributed by atoms with Crippen LogP contribution in [0.15, 0.2) is 41.1 Å². The van der Waals surface area contributed by atoms with E-state index in [-0.39, 0.29) is 16.8 Å². The number of hydrogen-bond acceptors (Lipinski definition) is 5. The van der Waals surface area contributed by atoms with Gasteiger partial charge in [-0.05, 0) is 19.1 Å². The first-order valence-electron chi connectivity index (χ1n) is 5.81. The Morgan fingerprint density at radius 1 is 1.20 bits per heavy atom. The van der Waals surface area contributed by atoms with E-state index in [4.69, 9.17) is 26.3 Å². The van der Waals surface area contributed by atoms with E-state index in [0.717, 1.165) is 0 Å². The molecule has 1 aromatic carbocycles. The zero-order valence-corrected chi connectivity index (χ0v) is 10.9. The van der Waals surface area contributed by atoms with Gasteiger partial charge in [-0.1, -0.05) is 18.2 Å². The number of hydrogen-bond donors (Lipinski definition) is 1. The van der Waals surface area contributed by atoms with Crippen molar-refractivity contribution in [2.75, 3.05) is 6.61 Å². The number of para-hydroxylation sites is 1. The van der Waals surface area contributed by atoms with Gasteiger partial charge in [0, 0.05) is 5.56 Å². The fraction of sp³-hybridized carbons (Fsp3) is 0.133. The molecule has 20 heavy (non-hydrogen) atoms. The molecule has 0 fully saturated rings. The Bertz CT molecular complexity index is 665. The summed E-state index contributed by atoms with van der Waals surface area (Å²) in [6, 6.07) is 12.3. The third kappa shape index (κ3) is 3.38. The summed E-state index contributed by atoms with van der Waals surface area (Å²) in [6.45, 7) is 2.34. The maximum absolute atomic E-state index is 9.13. The summed E-state index contributed by atoms with van der Waals surface area (Å²) in [4.78, 5) is 0.